The van der Waals surface area contributed by atoms with E-state index >= 15 is 0 Å². The van der Waals surface area contributed by atoms with Crippen molar-refractivity contribution in [1.29, 1.82) is 0 Å². The molecule has 0 aromatic rings. The first kappa shape index (κ1) is 11.7. The molecule has 0 aromatic carbocycles. The Morgan fingerprint density at radius 2 is 2.17 bits per heavy atom. The van der Waals surface area contributed by atoms with E-state index in [0.717, 1.165) is 19.4 Å². The summed E-state index contributed by atoms with van der Waals surface area (Å²) in [5, 5.41) is 3.25. The molecule has 1 N–H and O–H groups in total. The van der Waals surface area contributed by atoms with Gasteiger partial charge in [0.1, 0.15) is 0 Å². The zero-order chi connectivity index (χ0) is 8.27. The van der Waals surface area contributed by atoms with E-state index in [1.54, 1.807) is 0 Å². The van der Waals surface area contributed by atoms with Crippen molar-refractivity contribution in [3.05, 3.63) is 0 Å². The average Bonchev–Trinajstić information content (AvgIpc) is 2.05. The van der Waals surface area contributed by atoms with Crippen LogP contribution in [0.2, 0.25) is 0 Å². The van der Waals surface area contributed by atoms with Crippen LogP contribution in [0.4, 0.5) is 0 Å². The first-order valence-electron chi connectivity index (χ1n) is 4.05. The van der Waals surface area contributed by atoms with Crippen LogP contribution in [-0.4, -0.2) is 25.7 Å². The van der Waals surface area contributed by atoms with Gasteiger partial charge in [-0.05, 0) is 19.8 Å². The molecule has 1 aliphatic heterocycles. The number of rotatable bonds is 1. The number of piperidine rings is 1. The molecule has 0 amide bonds. The topological polar surface area (TPSA) is 38.3 Å². The fourth-order valence-electron chi connectivity index (χ4n) is 1.37. The Morgan fingerprint density at radius 1 is 1.50 bits per heavy atom. The summed E-state index contributed by atoms with van der Waals surface area (Å²) in [5.74, 6) is 0.000556. The van der Waals surface area contributed by atoms with Gasteiger partial charge in [-0.2, -0.15) is 0 Å². The van der Waals surface area contributed by atoms with Gasteiger partial charge in [-0.25, -0.2) is 0 Å². The third-order valence-corrected chi connectivity index (χ3v) is 2.20. The van der Waals surface area contributed by atoms with Crippen LogP contribution in [-0.2, 0) is 9.53 Å². The Kier molecular flexibility index (Phi) is 5.25. The molecule has 0 unspecified atom stereocenters. The fraction of sp³-hybridized carbons (Fsp3) is 0.875. The Bertz CT molecular complexity index is 144. The zero-order valence-electron chi connectivity index (χ0n) is 7.50. The van der Waals surface area contributed by atoms with Gasteiger partial charge in [0.15, 0.2) is 0 Å². The minimum absolute atomic E-state index is 0. The minimum Gasteiger partial charge on any atom is -0.469 e. The number of carbonyl (C=O) groups excluding carboxylic acids is 1. The van der Waals surface area contributed by atoms with Crippen LogP contribution in [0.15, 0.2) is 0 Å². The number of hydrogen-bond donors (Lipinski definition) is 1. The number of nitrogens with one attached hydrogen (secondary N) is 1. The summed E-state index contributed by atoms with van der Waals surface area (Å²) in [5.41, 5.74) is 0. The van der Waals surface area contributed by atoms with Crippen molar-refractivity contribution in [3.63, 3.8) is 0 Å². The molecule has 1 saturated heterocycles. The number of carbonyl (C=O) groups is 1. The maximum Gasteiger partial charge on any atom is 0.309 e. The predicted octanol–water partition coefficient (Wildman–Crippen LogP) is 0.969. The Balaban J connectivity index is 0.00000121. The molecule has 72 valence electrons. The predicted molar refractivity (Wildman–Crippen MR) is 49.5 cm³/mol. The number of hydrogen-bond acceptors (Lipinski definition) is 3. The van der Waals surface area contributed by atoms with Gasteiger partial charge in [-0.3, -0.25) is 4.79 Å². The summed E-state index contributed by atoms with van der Waals surface area (Å²) in [7, 11) is 1.44. The molecule has 4 heteroatoms. The third-order valence-electron chi connectivity index (χ3n) is 2.20. The van der Waals surface area contributed by atoms with Gasteiger partial charge in [-0.15, -0.1) is 12.4 Å². The summed E-state index contributed by atoms with van der Waals surface area (Å²) in [4.78, 5) is 11.0. The van der Waals surface area contributed by atoms with Crippen molar-refractivity contribution in [2.24, 2.45) is 5.92 Å². The SMILES string of the molecule is COC(=O)[C@@H]1CC[C@H](C)NC1.Cl. The van der Waals surface area contributed by atoms with Crippen LogP contribution < -0.4 is 5.32 Å². The van der Waals surface area contributed by atoms with Crippen molar-refractivity contribution in [2.75, 3.05) is 13.7 Å². The second kappa shape index (κ2) is 5.38. The number of esters is 1. The highest BCUT2D eigenvalue weighted by Gasteiger charge is 2.23. The molecule has 3 nitrogen and oxygen atoms in total. The first-order valence-corrected chi connectivity index (χ1v) is 4.05. The van der Waals surface area contributed by atoms with E-state index in [0.29, 0.717) is 6.04 Å². The Morgan fingerprint density at radius 3 is 2.58 bits per heavy atom. The van der Waals surface area contributed by atoms with Crippen LogP contribution in [0, 0.1) is 5.92 Å². The quantitative estimate of drug-likeness (QED) is 0.631. The molecule has 0 radical (unpaired) electrons. The third kappa shape index (κ3) is 2.99. The molecule has 0 spiro atoms. The van der Waals surface area contributed by atoms with Crippen molar-refractivity contribution in [3.8, 4) is 0 Å². The van der Waals surface area contributed by atoms with Crippen LogP contribution >= 0.6 is 12.4 Å². The highest BCUT2D eigenvalue weighted by atomic mass is 35.5. The lowest BCUT2D eigenvalue weighted by Gasteiger charge is -2.25. The Labute approximate surface area is 79.3 Å². The van der Waals surface area contributed by atoms with Crippen molar-refractivity contribution in [2.45, 2.75) is 25.8 Å². The van der Waals surface area contributed by atoms with Crippen LogP contribution in [0.1, 0.15) is 19.8 Å². The summed E-state index contributed by atoms with van der Waals surface area (Å²) in [6.07, 6.45) is 2.03. The first-order chi connectivity index (χ1) is 5.24. The molecular weight excluding hydrogens is 178 g/mol. The second-order valence-corrected chi connectivity index (χ2v) is 3.11. The smallest absolute Gasteiger partial charge is 0.309 e. The van der Waals surface area contributed by atoms with Crippen molar-refractivity contribution < 1.29 is 9.53 Å². The lowest BCUT2D eigenvalue weighted by atomic mass is 9.96. The lowest BCUT2D eigenvalue weighted by Crippen LogP contribution is -2.40. The monoisotopic (exact) mass is 193 g/mol. The molecule has 1 fully saturated rings. The van der Waals surface area contributed by atoms with E-state index in [1.165, 1.54) is 7.11 Å². The standard InChI is InChI=1S/C8H15NO2.ClH/c1-6-3-4-7(5-9-6)8(10)11-2;/h6-7,9H,3-5H2,1-2H3;1H/t6-,7+;/m0./s1. The number of halogens is 1. The van der Waals surface area contributed by atoms with Crippen LogP contribution in [0.3, 0.4) is 0 Å². The van der Waals surface area contributed by atoms with E-state index < -0.39 is 0 Å². The van der Waals surface area contributed by atoms with Crippen LogP contribution in [0.25, 0.3) is 0 Å². The molecule has 0 aliphatic carbocycles. The maximum absolute atomic E-state index is 11.0. The largest absolute Gasteiger partial charge is 0.469 e. The number of ether oxygens (including phenoxy) is 1. The lowest BCUT2D eigenvalue weighted by molar-refractivity contribution is -0.146. The summed E-state index contributed by atoms with van der Waals surface area (Å²) in [6.45, 7) is 2.90. The summed E-state index contributed by atoms with van der Waals surface area (Å²) in [6, 6.07) is 0.552. The molecule has 0 bridgehead atoms. The van der Waals surface area contributed by atoms with Gasteiger partial charge in [-0.1, -0.05) is 0 Å². The highest BCUT2D eigenvalue weighted by Crippen LogP contribution is 2.14. The molecular formula is C8H16ClNO2. The summed E-state index contributed by atoms with van der Waals surface area (Å²) >= 11 is 0. The van der Waals surface area contributed by atoms with Crippen LogP contribution in [0.5, 0.6) is 0 Å². The van der Waals surface area contributed by atoms with Crippen molar-refractivity contribution >= 4 is 18.4 Å². The van der Waals surface area contributed by atoms with Gasteiger partial charge in [0.25, 0.3) is 0 Å². The van der Waals surface area contributed by atoms with E-state index in [2.05, 4.69) is 17.0 Å². The van der Waals surface area contributed by atoms with Gasteiger partial charge >= 0.3 is 5.97 Å². The van der Waals surface area contributed by atoms with Gasteiger partial charge < -0.3 is 10.1 Å². The summed E-state index contributed by atoms with van der Waals surface area (Å²) < 4.78 is 4.65. The molecule has 1 heterocycles. The average molecular weight is 194 g/mol. The van der Waals surface area contributed by atoms with E-state index in [1.807, 2.05) is 0 Å². The van der Waals surface area contributed by atoms with Gasteiger partial charge in [0.05, 0.1) is 13.0 Å². The highest BCUT2D eigenvalue weighted by molar-refractivity contribution is 5.85. The molecule has 12 heavy (non-hydrogen) atoms. The Hall–Kier alpha value is -0.280. The molecule has 0 aromatic heterocycles. The minimum atomic E-state index is -0.0793. The van der Waals surface area contributed by atoms with Crippen molar-refractivity contribution in [1.82, 2.24) is 5.32 Å². The van der Waals surface area contributed by atoms with Gasteiger partial charge in [0, 0.05) is 12.6 Å². The van der Waals surface area contributed by atoms with E-state index in [9.17, 15) is 4.79 Å². The van der Waals surface area contributed by atoms with E-state index in [4.69, 9.17) is 0 Å². The fourth-order valence-corrected chi connectivity index (χ4v) is 1.37. The second-order valence-electron chi connectivity index (χ2n) is 3.11. The zero-order valence-corrected chi connectivity index (χ0v) is 8.32. The van der Waals surface area contributed by atoms with E-state index in [-0.39, 0.29) is 24.3 Å². The molecule has 2 atom stereocenters. The molecule has 1 rings (SSSR count). The number of methoxy groups -OCH3 is 1. The van der Waals surface area contributed by atoms with Gasteiger partial charge in [0.2, 0.25) is 0 Å². The molecule has 0 saturated carbocycles. The normalized spacial score (nSPS) is 28.8. The maximum atomic E-state index is 11.0. The molecule has 1 aliphatic rings.